The van der Waals surface area contributed by atoms with Crippen molar-refractivity contribution in [1.82, 2.24) is 0 Å². The minimum Gasteiger partial charge on any atom is -0.506 e. The van der Waals surface area contributed by atoms with Crippen molar-refractivity contribution in [3.8, 4) is 17.2 Å². The maximum absolute atomic E-state index is 14.7. The summed E-state index contributed by atoms with van der Waals surface area (Å²) < 4.78 is 25.6. The maximum Gasteiger partial charge on any atom is 0.298 e. The number of ether oxygens (including phenoxy) is 4. The molecule has 6 aliphatic rings. The second-order valence-electron chi connectivity index (χ2n) is 15.0. The fourth-order valence-corrected chi connectivity index (χ4v) is 8.11. The van der Waals surface area contributed by atoms with Crippen LogP contribution in [-0.2, 0) is 25.5 Å². The number of ketones is 2. The summed E-state index contributed by atoms with van der Waals surface area (Å²) in [5.41, 5.74) is -3.39. The Hall–Kier alpha value is -3.95. The molecule has 0 radical (unpaired) electrons. The van der Waals surface area contributed by atoms with Gasteiger partial charge in [0.25, 0.3) is 6.47 Å². The van der Waals surface area contributed by atoms with Crippen LogP contribution >= 0.6 is 0 Å². The van der Waals surface area contributed by atoms with Crippen LogP contribution in [0.2, 0.25) is 0 Å². The summed E-state index contributed by atoms with van der Waals surface area (Å²) in [5, 5.41) is 22.0. The summed E-state index contributed by atoms with van der Waals surface area (Å²) in [7, 11) is 0. The molecule has 1 saturated heterocycles. The fourth-order valence-electron chi connectivity index (χ4n) is 8.11. The molecular formula is C38H44O9. The highest BCUT2D eigenvalue weighted by atomic mass is 16.6. The second-order valence-corrected chi connectivity index (χ2v) is 15.0. The van der Waals surface area contributed by atoms with Gasteiger partial charge in [-0.3, -0.25) is 14.4 Å². The van der Waals surface area contributed by atoms with Crippen molar-refractivity contribution in [3.05, 3.63) is 70.1 Å². The quantitative estimate of drug-likeness (QED) is 0.182. The number of aromatic hydroxyl groups is 1. The molecule has 3 aliphatic heterocycles. The van der Waals surface area contributed by atoms with Gasteiger partial charge in [-0.2, -0.15) is 0 Å². The Kier molecular flexibility index (Phi) is 7.57. The van der Waals surface area contributed by atoms with Crippen LogP contribution in [0.3, 0.4) is 0 Å². The van der Waals surface area contributed by atoms with Crippen molar-refractivity contribution in [1.29, 1.82) is 0 Å². The number of carbonyl (C=O) groups is 3. The zero-order valence-corrected chi connectivity index (χ0v) is 28.4. The van der Waals surface area contributed by atoms with Crippen LogP contribution < -0.4 is 9.47 Å². The molecule has 0 amide bonds. The van der Waals surface area contributed by atoms with Crippen LogP contribution in [0.1, 0.15) is 96.1 Å². The van der Waals surface area contributed by atoms with E-state index in [1.54, 1.807) is 45.1 Å². The van der Waals surface area contributed by atoms with E-state index < -0.39 is 39.7 Å². The molecule has 0 aromatic heterocycles. The summed E-state index contributed by atoms with van der Waals surface area (Å²) in [6.07, 6.45) is 13.8. The Balaban J connectivity index is 1.57. The first-order chi connectivity index (χ1) is 21.9. The number of Topliss-reactive ketones (excluding diaryl/α,β-unsaturated/α-hetero) is 2. The predicted octanol–water partition coefficient (Wildman–Crippen LogP) is 6.26. The Morgan fingerprint density at radius 3 is 2.47 bits per heavy atom. The summed E-state index contributed by atoms with van der Waals surface area (Å²) in [4.78, 5) is 40.1. The topological polar surface area (TPSA) is 129 Å². The van der Waals surface area contributed by atoms with Gasteiger partial charge in [0.05, 0.1) is 16.8 Å². The summed E-state index contributed by atoms with van der Waals surface area (Å²) in [6.45, 7) is 15.0. The van der Waals surface area contributed by atoms with Crippen molar-refractivity contribution < 1.29 is 43.5 Å². The molecule has 1 saturated carbocycles. The van der Waals surface area contributed by atoms with Crippen molar-refractivity contribution in [3.63, 3.8) is 0 Å². The lowest BCUT2D eigenvalue weighted by molar-refractivity contribution is -0.171. The molecule has 47 heavy (non-hydrogen) atoms. The summed E-state index contributed by atoms with van der Waals surface area (Å²) in [6, 6.07) is 0. The molecular weight excluding hydrogens is 600 g/mol. The van der Waals surface area contributed by atoms with Crippen molar-refractivity contribution in [2.75, 3.05) is 0 Å². The number of aliphatic hydroxyl groups is 1. The van der Waals surface area contributed by atoms with Gasteiger partial charge in [-0.15, -0.1) is 0 Å². The molecule has 2 unspecified atom stereocenters. The van der Waals surface area contributed by atoms with Gasteiger partial charge in [0.1, 0.15) is 34.2 Å². The van der Waals surface area contributed by atoms with Crippen LogP contribution in [0.5, 0.6) is 17.2 Å². The Morgan fingerprint density at radius 1 is 1.09 bits per heavy atom. The molecule has 4 bridgehead atoms. The van der Waals surface area contributed by atoms with E-state index in [9.17, 15) is 24.6 Å². The van der Waals surface area contributed by atoms with Crippen molar-refractivity contribution in [2.45, 2.75) is 109 Å². The van der Waals surface area contributed by atoms with E-state index in [0.717, 1.165) is 5.57 Å². The van der Waals surface area contributed by atoms with Crippen LogP contribution in [0.15, 0.2) is 53.4 Å². The standard InChI is InChI=1S/C38H44O9/c1-21(2)10-11-25-31-24(13-16-36(8,45-31)15-9-14-34(4,5)43)29(40)28-30(41)26-18-23-19-27-35(6,7)47-37(33(23)42,17-12-22(3)44-20-39)38(26,27)46-32(25)28/h9-10,12-14,16,18,20,23,27,40,43H,11,15,17,19H2,1-8H3/b14-9+,22-12-/t23?,27?,36-,37+,38-/m1/s1. The van der Waals surface area contributed by atoms with E-state index in [1.807, 2.05) is 52.8 Å². The maximum atomic E-state index is 14.7. The third-order valence-corrected chi connectivity index (χ3v) is 10.2. The lowest BCUT2D eigenvalue weighted by Gasteiger charge is -2.56. The van der Waals surface area contributed by atoms with E-state index in [4.69, 9.17) is 18.9 Å². The van der Waals surface area contributed by atoms with E-state index in [-0.39, 0.29) is 35.2 Å². The normalized spacial score (nSPS) is 31.4. The highest BCUT2D eigenvalue weighted by Gasteiger charge is 2.81. The molecule has 3 aliphatic carbocycles. The number of allylic oxidation sites excluding steroid dienone is 4. The highest BCUT2D eigenvalue weighted by molar-refractivity contribution is 6.19. The Labute approximate surface area is 275 Å². The molecule has 2 N–H and O–H groups in total. The van der Waals surface area contributed by atoms with Gasteiger partial charge in [0, 0.05) is 35.8 Å². The van der Waals surface area contributed by atoms with Gasteiger partial charge >= 0.3 is 0 Å². The van der Waals surface area contributed by atoms with Crippen LogP contribution in [0.25, 0.3) is 6.08 Å². The van der Waals surface area contributed by atoms with E-state index >= 15 is 0 Å². The van der Waals surface area contributed by atoms with Gasteiger partial charge in [-0.05, 0) is 86.5 Å². The zero-order chi connectivity index (χ0) is 34.3. The van der Waals surface area contributed by atoms with Crippen molar-refractivity contribution >= 4 is 24.1 Å². The summed E-state index contributed by atoms with van der Waals surface area (Å²) >= 11 is 0. The molecule has 9 heteroatoms. The number of benzene rings is 1. The van der Waals surface area contributed by atoms with Gasteiger partial charge in [-0.1, -0.05) is 29.9 Å². The van der Waals surface area contributed by atoms with Gasteiger partial charge in [0.15, 0.2) is 22.8 Å². The Morgan fingerprint density at radius 2 is 1.81 bits per heavy atom. The molecule has 1 aromatic rings. The smallest absolute Gasteiger partial charge is 0.298 e. The second kappa shape index (κ2) is 10.8. The molecule has 2 fully saturated rings. The predicted molar refractivity (Wildman–Crippen MR) is 175 cm³/mol. The number of hydrogen-bond donors (Lipinski definition) is 2. The first kappa shape index (κ1) is 33.0. The van der Waals surface area contributed by atoms with Crippen LogP contribution in [-0.4, -0.2) is 56.3 Å². The molecule has 1 spiro atoms. The number of rotatable bonds is 9. The van der Waals surface area contributed by atoms with Gasteiger partial charge in [-0.25, -0.2) is 0 Å². The van der Waals surface area contributed by atoms with Gasteiger partial charge in [0.2, 0.25) is 0 Å². The SMILES string of the molecule is CC(C)=CCc1c2c(c(O)c3c1O[C@]14C(=CC5CC1C(C)(C)O[C@@]4(C/C=C(/C)OC=O)C5=O)C3=O)C=C[C@@](C)(C/C=C/C(C)(C)O)O2. The molecule has 9 nitrogen and oxygen atoms in total. The number of phenols is 1. The minimum atomic E-state index is -1.58. The molecule has 1 aromatic carbocycles. The Bertz CT molecular complexity index is 1730. The molecule has 5 atom stereocenters. The zero-order valence-electron chi connectivity index (χ0n) is 28.4. The minimum absolute atomic E-state index is 0.0208. The van der Waals surface area contributed by atoms with E-state index in [0.29, 0.717) is 53.9 Å². The average Bonchev–Trinajstić information content (AvgIpc) is 3.12. The largest absolute Gasteiger partial charge is 0.506 e. The highest BCUT2D eigenvalue weighted by Crippen LogP contribution is 2.68. The van der Waals surface area contributed by atoms with Crippen LogP contribution in [0.4, 0.5) is 0 Å². The molecule has 7 rings (SSSR count). The third-order valence-electron chi connectivity index (χ3n) is 10.2. The fraction of sp³-hybridized carbons (Fsp3) is 0.500. The molecule has 3 heterocycles. The third kappa shape index (κ3) is 4.92. The van der Waals surface area contributed by atoms with Gasteiger partial charge < -0.3 is 29.2 Å². The first-order valence-corrected chi connectivity index (χ1v) is 16.2. The lowest BCUT2D eigenvalue weighted by atomic mass is 9.51. The van der Waals surface area contributed by atoms with E-state index in [1.165, 1.54) is 0 Å². The first-order valence-electron chi connectivity index (χ1n) is 16.2. The van der Waals surface area contributed by atoms with E-state index in [2.05, 4.69) is 0 Å². The number of carbonyl (C=O) groups excluding carboxylic acids is 3. The average molecular weight is 645 g/mol. The monoisotopic (exact) mass is 644 g/mol. The number of phenolic OH excluding ortho intramolecular Hbond substituents is 1. The molecule has 250 valence electrons. The van der Waals surface area contributed by atoms with Crippen molar-refractivity contribution in [2.24, 2.45) is 11.8 Å². The summed E-state index contributed by atoms with van der Waals surface area (Å²) in [5.74, 6) is -0.907. The number of hydrogen-bond acceptors (Lipinski definition) is 9. The lowest BCUT2D eigenvalue weighted by Crippen LogP contribution is -2.72. The number of fused-ring (bicyclic) bond motifs is 2. The van der Waals surface area contributed by atoms with Crippen LogP contribution in [0, 0.1) is 11.8 Å².